The highest BCUT2D eigenvalue weighted by Gasteiger charge is 2.20. The lowest BCUT2D eigenvalue weighted by atomic mass is 10.0. The van der Waals surface area contributed by atoms with Crippen LogP contribution >= 0.6 is 0 Å². The molecule has 76 valence electrons. The van der Waals surface area contributed by atoms with Crippen LogP contribution in [0.15, 0.2) is 30.3 Å². The Balaban J connectivity index is 1.74. The van der Waals surface area contributed by atoms with Gasteiger partial charge in [0.05, 0.1) is 0 Å². The van der Waals surface area contributed by atoms with Crippen LogP contribution in [0.3, 0.4) is 0 Å². The molecular weight excluding hydrogens is 170 g/mol. The highest BCUT2D eigenvalue weighted by molar-refractivity contribution is 5.18. The van der Waals surface area contributed by atoms with Gasteiger partial charge < -0.3 is 5.32 Å². The fourth-order valence-electron chi connectivity index (χ4n) is 1.73. The maximum atomic E-state index is 3.55. The lowest BCUT2D eigenvalue weighted by Crippen LogP contribution is -2.22. The van der Waals surface area contributed by atoms with Crippen LogP contribution in [0.5, 0.6) is 0 Å². The summed E-state index contributed by atoms with van der Waals surface area (Å²) in [6.45, 7) is 4.62. The Labute approximate surface area is 86.5 Å². The zero-order valence-electron chi connectivity index (χ0n) is 8.87. The summed E-state index contributed by atoms with van der Waals surface area (Å²) >= 11 is 0. The average molecular weight is 189 g/mol. The van der Waals surface area contributed by atoms with Crippen molar-refractivity contribution >= 4 is 0 Å². The summed E-state index contributed by atoms with van der Waals surface area (Å²) in [5.74, 6) is 1.62. The summed E-state index contributed by atoms with van der Waals surface area (Å²) in [5.41, 5.74) is 1.44. The molecule has 14 heavy (non-hydrogen) atoms. The van der Waals surface area contributed by atoms with E-state index in [-0.39, 0.29) is 0 Å². The monoisotopic (exact) mass is 189 g/mol. The molecule has 1 saturated carbocycles. The molecule has 1 aliphatic rings. The van der Waals surface area contributed by atoms with Gasteiger partial charge in [-0.3, -0.25) is 0 Å². The molecule has 1 aromatic rings. The molecular formula is C13H19N. The van der Waals surface area contributed by atoms with Crippen LogP contribution in [0, 0.1) is 5.92 Å². The lowest BCUT2D eigenvalue weighted by molar-refractivity contribution is 0.587. The molecule has 0 heterocycles. The average Bonchev–Trinajstić information content (AvgIpc) is 3.03. The predicted octanol–water partition coefficient (Wildman–Crippen LogP) is 2.79. The molecule has 1 atom stereocenters. The van der Waals surface area contributed by atoms with Crippen LogP contribution in [0.4, 0.5) is 0 Å². The SMILES string of the molecule is CC(CNCC1CC1)c1ccccc1. The first-order valence-electron chi connectivity index (χ1n) is 5.62. The Hall–Kier alpha value is -0.820. The van der Waals surface area contributed by atoms with Crippen LogP contribution in [0.1, 0.15) is 31.2 Å². The van der Waals surface area contributed by atoms with Gasteiger partial charge in [-0.05, 0) is 36.8 Å². The molecule has 1 fully saturated rings. The normalized spacial score (nSPS) is 18.1. The van der Waals surface area contributed by atoms with Gasteiger partial charge in [0.2, 0.25) is 0 Å². The predicted molar refractivity (Wildman–Crippen MR) is 60.5 cm³/mol. The second-order valence-electron chi connectivity index (χ2n) is 4.41. The van der Waals surface area contributed by atoms with Crippen LogP contribution in [0.2, 0.25) is 0 Å². The molecule has 1 N–H and O–H groups in total. The number of hydrogen-bond donors (Lipinski definition) is 1. The Morgan fingerprint density at radius 3 is 2.64 bits per heavy atom. The molecule has 0 radical (unpaired) electrons. The van der Waals surface area contributed by atoms with Crippen molar-refractivity contribution in [3.8, 4) is 0 Å². The van der Waals surface area contributed by atoms with Crippen LogP contribution < -0.4 is 5.32 Å². The summed E-state index contributed by atoms with van der Waals surface area (Å²) in [6.07, 6.45) is 2.87. The van der Waals surface area contributed by atoms with Gasteiger partial charge in [0.15, 0.2) is 0 Å². The standard InChI is InChI=1S/C13H19N/c1-11(9-14-10-12-7-8-12)13-5-3-2-4-6-13/h2-6,11-12,14H,7-10H2,1H3. The molecule has 1 nitrogen and oxygen atoms in total. The van der Waals surface area contributed by atoms with Crippen molar-refractivity contribution in [3.05, 3.63) is 35.9 Å². The molecule has 0 saturated heterocycles. The zero-order valence-corrected chi connectivity index (χ0v) is 8.87. The Kier molecular flexibility index (Phi) is 3.20. The Morgan fingerprint density at radius 1 is 1.29 bits per heavy atom. The van der Waals surface area contributed by atoms with Crippen LogP contribution in [0.25, 0.3) is 0 Å². The first-order chi connectivity index (χ1) is 6.86. The van der Waals surface area contributed by atoms with Gasteiger partial charge in [0.25, 0.3) is 0 Å². The van der Waals surface area contributed by atoms with Crippen molar-refractivity contribution in [1.29, 1.82) is 0 Å². The van der Waals surface area contributed by atoms with E-state index >= 15 is 0 Å². The van der Waals surface area contributed by atoms with Crippen molar-refractivity contribution in [1.82, 2.24) is 5.32 Å². The summed E-state index contributed by atoms with van der Waals surface area (Å²) in [7, 11) is 0. The summed E-state index contributed by atoms with van der Waals surface area (Å²) in [5, 5.41) is 3.55. The van der Waals surface area contributed by atoms with E-state index in [9.17, 15) is 0 Å². The second-order valence-corrected chi connectivity index (χ2v) is 4.41. The number of rotatable bonds is 5. The molecule has 0 bridgehead atoms. The number of hydrogen-bond acceptors (Lipinski definition) is 1. The maximum Gasteiger partial charge on any atom is 0.00176 e. The van der Waals surface area contributed by atoms with Crippen molar-refractivity contribution in [2.24, 2.45) is 5.92 Å². The van der Waals surface area contributed by atoms with Gasteiger partial charge >= 0.3 is 0 Å². The topological polar surface area (TPSA) is 12.0 Å². The van der Waals surface area contributed by atoms with E-state index in [1.807, 2.05) is 0 Å². The molecule has 0 spiro atoms. The second kappa shape index (κ2) is 4.61. The minimum Gasteiger partial charge on any atom is -0.316 e. The molecule has 1 unspecified atom stereocenters. The van der Waals surface area contributed by atoms with Gasteiger partial charge in [-0.1, -0.05) is 37.3 Å². The third-order valence-corrected chi connectivity index (χ3v) is 2.95. The van der Waals surface area contributed by atoms with E-state index in [4.69, 9.17) is 0 Å². The van der Waals surface area contributed by atoms with E-state index in [1.54, 1.807) is 0 Å². The van der Waals surface area contributed by atoms with Crippen molar-refractivity contribution in [3.63, 3.8) is 0 Å². The first-order valence-corrected chi connectivity index (χ1v) is 5.62. The highest BCUT2D eigenvalue weighted by atomic mass is 14.9. The van der Waals surface area contributed by atoms with E-state index in [2.05, 4.69) is 42.6 Å². The van der Waals surface area contributed by atoms with E-state index in [0.29, 0.717) is 5.92 Å². The lowest BCUT2D eigenvalue weighted by Gasteiger charge is -2.12. The van der Waals surface area contributed by atoms with Crippen molar-refractivity contribution in [2.75, 3.05) is 13.1 Å². The summed E-state index contributed by atoms with van der Waals surface area (Å²) in [4.78, 5) is 0. The van der Waals surface area contributed by atoms with Gasteiger partial charge in [-0.2, -0.15) is 0 Å². The molecule has 0 amide bonds. The van der Waals surface area contributed by atoms with Crippen molar-refractivity contribution < 1.29 is 0 Å². The third kappa shape index (κ3) is 2.85. The van der Waals surface area contributed by atoms with Gasteiger partial charge in [-0.15, -0.1) is 0 Å². The van der Waals surface area contributed by atoms with Crippen LogP contribution in [-0.2, 0) is 0 Å². The fraction of sp³-hybridized carbons (Fsp3) is 0.538. The molecule has 0 aliphatic heterocycles. The first kappa shape index (κ1) is 9.72. The highest BCUT2D eigenvalue weighted by Crippen LogP contribution is 2.27. The Bertz CT molecular complexity index is 264. The summed E-state index contributed by atoms with van der Waals surface area (Å²) < 4.78 is 0. The molecule has 2 rings (SSSR count). The molecule has 1 aliphatic carbocycles. The smallest absolute Gasteiger partial charge is 0.00176 e. The van der Waals surface area contributed by atoms with Gasteiger partial charge in [-0.25, -0.2) is 0 Å². The van der Waals surface area contributed by atoms with Gasteiger partial charge in [0.1, 0.15) is 0 Å². The quantitative estimate of drug-likeness (QED) is 0.751. The minimum absolute atomic E-state index is 0.634. The molecule has 0 aromatic heterocycles. The molecule has 1 heteroatoms. The van der Waals surface area contributed by atoms with E-state index in [1.165, 1.54) is 24.9 Å². The third-order valence-electron chi connectivity index (χ3n) is 2.95. The van der Waals surface area contributed by atoms with Crippen LogP contribution in [-0.4, -0.2) is 13.1 Å². The summed E-state index contributed by atoms with van der Waals surface area (Å²) in [6, 6.07) is 10.7. The zero-order chi connectivity index (χ0) is 9.80. The fourth-order valence-corrected chi connectivity index (χ4v) is 1.73. The Morgan fingerprint density at radius 2 is 2.00 bits per heavy atom. The van der Waals surface area contributed by atoms with Gasteiger partial charge in [0, 0.05) is 6.54 Å². The maximum absolute atomic E-state index is 3.55. The minimum atomic E-state index is 0.634. The van der Waals surface area contributed by atoms with E-state index in [0.717, 1.165) is 12.5 Å². The van der Waals surface area contributed by atoms with E-state index < -0.39 is 0 Å². The number of nitrogens with one attached hydrogen (secondary N) is 1. The molecule has 1 aromatic carbocycles. The number of benzene rings is 1. The van der Waals surface area contributed by atoms with Crippen molar-refractivity contribution in [2.45, 2.75) is 25.7 Å². The largest absolute Gasteiger partial charge is 0.316 e.